The summed E-state index contributed by atoms with van der Waals surface area (Å²) in [5.41, 5.74) is 2.75. The van der Waals surface area contributed by atoms with Crippen LogP contribution in [0.1, 0.15) is 11.3 Å². The molecule has 0 spiro atoms. The Morgan fingerprint density at radius 3 is 2.30 bits per heavy atom. The second kappa shape index (κ2) is 8.76. The van der Waals surface area contributed by atoms with E-state index in [1.807, 2.05) is 85.8 Å². The fraction of sp³-hybridized carbons (Fsp3) is 0.0417. The van der Waals surface area contributed by atoms with Crippen molar-refractivity contribution in [2.75, 3.05) is 10.6 Å². The summed E-state index contributed by atoms with van der Waals surface area (Å²) in [7, 11) is 0. The predicted octanol–water partition coefficient (Wildman–Crippen LogP) is 5.94. The summed E-state index contributed by atoms with van der Waals surface area (Å²) in [5.74, 6) is 2.45. The average molecular weight is 393 g/mol. The minimum absolute atomic E-state index is 0.404. The number of anilines is 4. The van der Waals surface area contributed by atoms with Gasteiger partial charge >= 0.3 is 0 Å². The number of para-hydroxylation sites is 4. The first kappa shape index (κ1) is 19.0. The van der Waals surface area contributed by atoms with Crippen molar-refractivity contribution in [1.29, 1.82) is 5.26 Å². The fourth-order valence-electron chi connectivity index (χ4n) is 2.91. The molecule has 0 saturated heterocycles. The van der Waals surface area contributed by atoms with Crippen LogP contribution in [0.5, 0.6) is 11.5 Å². The summed E-state index contributed by atoms with van der Waals surface area (Å²) in [4.78, 5) is 8.98. The number of aromatic nitrogens is 2. The predicted molar refractivity (Wildman–Crippen MR) is 117 cm³/mol. The van der Waals surface area contributed by atoms with Gasteiger partial charge in [-0.2, -0.15) is 10.2 Å². The van der Waals surface area contributed by atoms with Crippen molar-refractivity contribution in [3.63, 3.8) is 0 Å². The minimum atomic E-state index is 0.404. The zero-order chi connectivity index (χ0) is 20.8. The standard InChI is InChI=1S/C24H19N5O/c1-17-15-23(29-24(26-17)28-20-12-6-5-9-18(20)16-25)27-21-13-7-8-14-22(21)30-19-10-3-2-4-11-19/h2-15H,1H3,(H2,26,27,28,29). The Hall–Kier alpha value is -4.37. The van der Waals surface area contributed by atoms with E-state index in [0.29, 0.717) is 28.8 Å². The Bertz CT molecular complexity index is 1200. The van der Waals surface area contributed by atoms with Crippen LogP contribution in [0.25, 0.3) is 0 Å². The highest BCUT2D eigenvalue weighted by atomic mass is 16.5. The second-order valence-corrected chi connectivity index (χ2v) is 6.54. The van der Waals surface area contributed by atoms with Crippen molar-refractivity contribution in [3.05, 3.63) is 96.2 Å². The molecule has 0 aliphatic heterocycles. The van der Waals surface area contributed by atoms with Gasteiger partial charge in [-0.05, 0) is 43.3 Å². The van der Waals surface area contributed by atoms with E-state index < -0.39 is 0 Å². The highest BCUT2D eigenvalue weighted by Crippen LogP contribution is 2.31. The van der Waals surface area contributed by atoms with E-state index in [9.17, 15) is 5.26 Å². The maximum atomic E-state index is 9.30. The van der Waals surface area contributed by atoms with E-state index in [-0.39, 0.29) is 0 Å². The lowest BCUT2D eigenvalue weighted by Crippen LogP contribution is -2.04. The SMILES string of the molecule is Cc1cc(Nc2ccccc2Oc2ccccc2)nc(Nc2ccccc2C#N)n1. The molecule has 0 aliphatic rings. The summed E-state index contributed by atoms with van der Waals surface area (Å²) in [6.07, 6.45) is 0. The van der Waals surface area contributed by atoms with Crippen molar-refractivity contribution in [1.82, 2.24) is 9.97 Å². The molecule has 1 heterocycles. The Kier molecular flexibility index (Phi) is 5.54. The third-order valence-electron chi connectivity index (χ3n) is 4.27. The van der Waals surface area contributed by atoms with Gasteiger partial charge in [0.15, 0.2) is 5.75 Å². The van der Waals surface area contributed by atoms with Crippen LogP contribution in [0.15, 0.2) is 84.9 Å². The molecule has 4 aromatic rings. The third kappa shape index (κ3) is 4.54. The molecule has 4 rings (SSSR count). The maximum absolute atomic E-state index is 9.30. The summed E-state index contributed by atoms with van der Waals surface area (Å²) < 4.78 is 6.01. The molecule has 0 atom stereocenters. The zero-order valence-corrected chi connectivity index (χ0v) is 16.3. The topological polar surface area (TPSA) is 82.9 Å². The lowest BCUT2D eigenvalue weighted by molar-refractivity contribution is 0.485. The highest BCUT2D eigenvalue weighted by Gasteiger charge is 2.09. The summed E-state index contributed by atoms with van der Waals surface area (Å²) in [5, 5.41) is 15.7. The molecule has 0 aliphatic carbocycles. The first-order valence-corrected chi connectivity index (χ1v) is 9.42. The Morgan fingerprint density at radius 2 is 1.50 bits per heavy atom. The largest absolute Gasteiger partial charge is 0.455 e. The molecule has 1 aromatic heterocycles. The number of ether oxygens (including phenoxy) is 1. The number of rotatable bonds is 6. The van der Waals surface area contributed by atoms with E-state index in [2.05, 4.69) is 26.7 Å². The Morgan fingerprint density at radius 1 is 0.800 bits per heavy atom. The number of nitrogens with zero attached hydrogens (tertiary/aromatic N) is 3. The molecule has 3 aromatic carbocycles. The number of aryl methyl sites for hydroxylation is 1. The quantitative estimate of drug-likeness (QED) is 0.422. The molecule has 0 amide bonds. The number of benzene rings is 3. The molecule has 0 radical (unpaired) electrons. The second-order valence-electron chi connectivity index (χ2n) is 6.54. The lowest BCUT2D eigenvalue weighted by Gasteiger charge is -2.14. The first-order valence-electron chi connectivity index (χ1n) is 9.42. The minimum Gasteiger partial charge on any atom is -0.455 e. The van der Waals surface area contributed by atoms with Crippen LogP contribution in [-0.4, -0.2) is 9.97 Å². The van der Waals surface area contributed by atoms with E-state index in [0.717, 1.165) is 17.1 Å². The van der Waals surface area contributed by atoms with Crippen molar-refractivity contribution in [3.8, 4) is 17.6 Å². The molecule has 2 N–H and O–H groups in total. The normalized spacial score (nSPS) is 10.1. The molecule has 6 heteroatoms. The fourth-order valence-corrected chi connectivity index (χ4v) is 2.91. The van der Waals surface area contributed by atoms with Crippen molar-refractivity contribution >= 4 is 23.1 Å². The van der Waals surface area contributed by atoms with Crippen LogP contribution < -0.4 is 15.4 Å². The molecular formula is C24H19N5O. The van der Waals surface area contributed by atoms with Gasteiger partial charge in [-0.1, -0.05) is 42.5 Å². The molecular weight excluding hydrogens is 374 g/mol. The van der Waals surface area contributed by atoms with Gasteiger partial charge in [0.25, 0.3) is 0 Å². The monoisotopic (exact) mass is 393 g/mol. The number of hydrogen-bond acceptors (Lipinski definition) is 6. The zero-order valence-electron chi connectivity index (χ0n) is 16.3. The molecule has 0 fully saturated rings. The highest BCUT2D eigenvalue weighted by molar-refractivity contribution is 5.67. The third-order valence-corrected chi connectivity index (χ3v) is 4.27. The Labute approximate surface area is 174 Å². The maximum Gasteiger partial charge on any atom is 0.229 e. The molecule has 0 unspecified atom stereocenters. The van der Waals surface area contributed by atoms with Crippen molar-refractivity contribution in [2.24, 2.45) is 0 Å². The van der Waals surface area contributed by atoms with Crippen molar-refractivity contribution in [2.45, 2.75) is 6.92 Å². The van der Waals surface area contributed by atoms with E-state index >= 15 is 0 Å². The molecule has 0 bridgehead atoms. The molecule has 146 valence electrons. The Balaban J connectivity index is 1.60. The van der Waals surface area contributed by atoms with Gasteiger partial charge in [-0.15, -0.1) is 0 Å². The van der Waals surface area contributed by atoms with E-state index in [4.69, 9.17) is 4.74 Å². The van der Waals surface area contributed by atoms with Gasteiger partial charge < -0.3 is 15.4 Å². The first-order chi connectivity index (χ1) is 14.7. The van der Waals surface area contributed by atoms with E-state index in [1.54, 1.807) is 6.07 Å². The van der Waals surface area contributed by atoms with Crippen LogP contribution in [-0.2, 0) is 0 Å². The van der Waals surface area contributed by atoms with Crippen LogP contribution in [0, 0.1) is 18.3 Å². The van der Waals surface area contributed by atoms with Crippen molar-refractivity contribution < 1.29 is 4.74 Å². The van der Waals surface area contributed by atoms with Gasteiger partial charge in [0.1, 0.15) is 17.6 Å². The smallest absolute Gasteiger partial charge is 0.229 e. The van der Waals surface area contributed by atoms with Gasteiger partial charge in [0.2, 0.25) is 5.95 Å². The summed E-state index contributed by atoms with van der Waals surface area (Å²) in [6, 6.07) is 28.5. The molecule has 6 nitrogen and oxygen atoms in total. The molecule has 0 saturated carbocycles. The number of nitriles is 1. The van der Waals surface area contributed by atoms with E-state index in [1.165, 1.54) is 0 Å². The van der Waals surface area contributed by atoms with Gasteiger partial charge in [-0.25, -0.2) is 4.98 Å². The number of nitrogens with one attached hydrogen (secondary N) is 2. The van der Waals surface area contributed by atoms with Crippen LogP contribution in [0.2, 0.25) is 0 Å². The summed E-state index contributed by atoms with van der Waals surface area (Å²) >= 11 is 0. The average Bonchev–Trinajstić information content (AvgIpc) is 2.76. The van der Waals surface area contributed by atoms with Gasteiger partial charge in [0.05, 0.1) is 16.9 Å². The lowest BCUT2D eigenvalue weighted by atomic mass is 10.2. The van der Waals surface area contributed by atoms with Gasteiger partial charge in [0, 0.05) is 11.8 Å². The summed E-state index contributed by atoms with van der Waals surface area (Å²) in [6.45, 7) is 1.89. The van der Waals surface area contributed by atoms with Crippen LogP contribution >= 0.6 is 0 Å². The van der Waals surface area contributed by atoms with Crippen LogP contribution in [0.4, 0.5) is 23.1 Å². The molecule has 30 heavy (non-hydrogen) atoms. The van der Waals surface area contributed by atoms with Crippen LogP contribution in [0.3, 0.4) is 0 Å². The van der Waals surface area contributed by atoms with Gasteiger partial charge in [-0.3, -0.25) is 0 Å². The number of hydrogen-bond donors (Lipinski definition) is 2.